The highest BCUT2D eigenvalue weighted by molar-refractivity contribution is 6.19. The third-order valence-corrected chi connectivity index (χ3v) is 4.66. The van der Waals surface area contributed by atoms with Crippen molar-refractivity contribution in [2.45, 2.75) is 13.8 Å². The first-order chi connectivity index (χ1) is 13.1. The molecule has 0 unspecified atom stereocenters. The first-order valence-corrected chi connectivity index (χ1v) is 8.86. The standard InChI is InChI=1S/C24H20O3/c1-15-12-16(2)14-18(13-15)24-22(20-6-4-5-7-21(20)27-24)23(25)17-8-10-19(26-3)11-9-17/h4-14H,1-3H3. The van der Waals surface area contributed by atoms with E-state index < -0.39 is 0 Å². The first kappa shape index (κ1) is 17.1. The van der Waals surface area contributed by atoms with E-state index in [1.54, 1.807) is 31.4 Å². The molecule has 0 aliphatic heterocycles. The highest BCUT2D eigenvalue weighted by Crippen LogP contribution is 2.36. The van der Waals surface area contributed by atoms with E-state index in [0.717, 1.165) is 27.8 Å². The smallest absolute Gasteiger partial charge is 0.197 e. The van der Waals surface area contributed by atoms with Crippen molar-refractivity contribution in [1.29, 1.82) is 0 Å². The van der Waals surface area contributed by atoms with E-state index in [4.69, 9.17) is 9.15 Å². The number of ether oxygens (including phenoxy) is 1. The van der Waals surface area contributed by atoms with E-state index in [1.165, 1.54) is 0 Å². The van der Waals surface area contributed by atoms with E-state index in [2.05, 4.69) is 18.2 Å². The van der Waals surface area contributed by atoms with Crippen LogP contribution < -0.4 is 4.74 Å². The average Bonchev–Trinajstić information content (AvgIpc) is 3.06. The average molecular weight is 356 g/mol. The van der Waals surface area contributed by atoms with Crippen LogP contribution in [0.4, 0.5) is 0 Å². The lowest BCUT2D eigenvalue weighted by molar-refractivity contribution is 0.104. The maximum Gasteiger partial charge on any atom is 0.197 e. The van der Waals surface area contributed by atoms with Crippen molar-refractivity contribution < 1.29 is 13.9 Å². The number of hydrogen-bond donors (Lipinski definition) is 0. The topological polar surface area (TPSA) is 39.4 Å². The van der Waals surface area contributed by atoms with Crippen LogP contribution in [0.25, 0.3) is 22.3 Å². The Bertz CT molecular complexity index is 1110. The summed E-state index contributed by atoms with van der Waals surface area (Å²) >= 11 is 0. The van der Waals surface area contributed by atoms with Gasteiger partial charge in [-0.15, -0.1) is 0 Å². The van der Waals surface area contributed by atoms with Crippen LogP contribution in [0.1, 0.15) is 27.0 Å². The largest absolute Gasteiger partial charge is 0.497 e. The lowest BCUT2D eigenvalue weighted by atomic mass is 9.96. The van der Waals surface area contributed by atoms with Gasteiger partial charge in [0.1, 0.15) is 17.1 Å². The van der Waals surface area contributed by atoms with Crippen molar-refractivity contribution >= 4 is 16.8 Å². The van der Waals surface area contributed by atoms with Crippen LogP contribution in [0.5, 0.6) is 5.75 Å². The van der Waals surface area contributed by atoms with Crippen molar-refractivity contribution in [2.24, 2.45) is 0 Å². The van der Waals surface area contributed by atoms with Crippen LogP contribution in [0.15, 0.2) is 71.1 Å². The van der Waals surface area contributed by atoms with Gasteiger partial charge in [-0.05, 0) is 56.3 Å². The molecule has 27 heavy (non-hydrogen) atoms. The van der Waals surface area contributed by atoms with Gasteiger partial charge in [0.25, 0.3) is 0 Å². The lowest BCUT2D eigenvalue weighted by Crippen LogP contribution is -2.02. The highest BCUT2D eigenvalue weighted by atomic mass is 16.5. The molecule has 0 fully saturated rings. The van der Waals surface area contributed by atoms with E-state index in [1.807, 2.05) is 38.1 Å². The molecule has 1 heterocycles. The Morgan fingerprint density at radius 2 is 1.56 bits per heavy atom. The molecular weight excluding hydrogens is 336 g/mol. The van der Waals surface area contributed by atoms with Crippen molar-refractivity contribution in [1.82, 2.24) is 0 Å². The Hall–Kier alpha value is -3.33. The molecule has 0 amide bonds. The van der Waals surface area contributed by atoms with Crippen molar-refractivity contribution in [3.05, 3.63) is 89.0 Å². The molecule has 0 N–H and O–H groups in total. The number of para-hydroxylation sites is 1. The number of methoxy groups -OCH3 is 1. The van der Waals surface area contributed by atoms with E-state index >= 15 is 0 Å². The summed E-state index contributed by atoms with van der Waals surface area (Å²) in [4.78, 5) is 13.4. The Balaban J connectivity index is 1.93. The van der Waals surface area contributed by atoms with E-state index in [0.29, 0.717) is 22.5 Å². The molecule has 0 atom stereocenters. The van der Waals surface area contributed by atoms with Crippen LogP contribution in [0.3, 0.4) is 0 Å². The second kappa shape index (κ2) is 6.76. The number of ketones is 1. The fraction of sp³-hybridized carbons (Fsp3) is 0.125. The summed E-state index contributed by atoms with van der Waals surface area (Å²) in [6.07, 6.45) is 0. The second-order valence-electron chi connectivity index (χ2n) is 6.74. The summed E-state index contributed by atoms with van der Waals surface area (Å²) in [5, 5.41) is 0.826. The van der Waals surface area contributed by atoms with Gasteiger partial charge < -0.3 is 9.15 Å². The van der Waals surface area contributed by atoms with Gasteiger partial charge in [-0.2, -0.15) is 0 Å². The summed E-state index contributed by atoms with van der Waals surface area (Å²) < 4.78 is 11.3. The van der Waals surface area contributed by atoms with Crippen molar-refractivity contribution in [3.63, 3.8) is 0 Å². The molecule has 0 spiro atoms. The summed E-state index contributed by atoms with van der Waals surface area (Å²) in [5.74, 6) is 1.28. The molecule has 0 bridgehead atoms. The van der Waals surface area contributed by atoms with Crippen LogP contribution in [-0.4, -0.2) is 12.9 Å². The summed E-state index contributed by atoms with van der Waals surface area (Å²) in [6, 6.07) is 21.0. The molecule has 0 aliphatic rings. The van der Waals surface area contributed by atoms with Gasteiger partial charge in [0.05, 0.1) is 12.7 Å². The van der Waals surface area contributed by atoms with Crippen molar-refractivity contribution in [2.75, 3.05) is 7.11 Å². The van der Waals surface area contributed by atoms with Crippen molar-refractivity contribution in [3.8, 4) is 17.1 Å². The number of fused-ring (bicyclic) bond motifs is 1. The number of benzene rings is 3. The Labute approximate surface area is 158 Å². The summed E-state index contributed by atoms with van der Waals surface area (Å²) in [6.45, 7) is 4.09. The predicted octanol–water partition coefficient (Wildman–Crippen LogP) is 5.96. The van der Waals surface area contributed by atoms with Crippen LogP contribution in [-0.2, 0) is 0 Å². The molecule has 0 aliphatic carbocycles. The number of carbonyl (C=O) groups excluding carboxylic acids is 1. The van der Waals surface area contributed by atoms with E-state index in [-0.39, 0.29) is 5.78 Å². The molecule has 1 aromatic heterocycles. The molecule has 0 saturated heterocycles. The minimum atomic E-state index is -0.0586. The first-order valence-electron chi connectivity index (χ1n) is 8.86. The molecule has 0 radical (unpaired) electrons. The summed E-state index contributed by atoms with van der Waals surface area (Å²) in [5.41, 5.74) is 5.10. The minimum absolute atomic E-state index is 0.0586. The molecular formula is C24H20O3. The van der Waals surface area contributed by atoms with Gasteiger partial charge in [-0.1, -0.05) is 35.4 Å². The van der Waals surface area contributed by atoms with E-state index in [9.17, 15) is 4.79 Å². The third kappa shape index (κ3) is 3.13. The zero-order valence-electron chi connectivity index (χ0n) is 15.6. The zero-order valence-corrected chi connectivity index (χ0v) is 15.6. The number of aryl methyl sites for hydroxylation is 2. The fourth-order valence-corrected chi connectivity index (χ4v) is 3.47. The van der Waals surface area contributed by atoms with Crippen LogP contribution >= 0.6 is 0 Å². The maximum atomic E-state index is 13.4. The number of carbonyl (C=O) groups is 1. The molecule has 4 rings (SSSR count). The lowest BCUT2D eigenvalue weighted by Gasteiger charge is -2.07. The van der Waals surface area contributed by atoms with Gasteiger partial charge in [0, 0.05) is 16.5 Å². The van der Waals surface area contributed by atoms with Gasteiger partial charge in [0.15, 0.2) is 5.78 Å². The number of hydrogen-bond acceptors (Lipinski definition) is 3. The van der Waals surface area contributed by atoms with Gasteiger partial charge in [-0.3, -0.25) is 4.79 Å². The molecule has 0 saturated carbocycles. The molecule has 4 aromatic rings. The normalized spacial score (nSPS) is 10.9. The Kier molecular flexibility index (Phi) is 4.28. The molecule has 3 nitrogen and oxygen atoms in total. The fourth-order valence-electron chi connectivity index (χ4n) is 3.47. The van der Waals surface area contributed by atoms with Gasteiger partial charge >= 0.3 is 0 Å². The molecule has 3 aromatic carbocycles. The SMILES string of the molecule is COc1ccc(C(=O)c2c(-c3cc(C)cc(C)c3)oc3ccccc23)cc1. The van der Waals surface area contributed by atoms with Crippen LogP contribution in [0, 0.1) is 13.8 Å². The van der Waals surface area contributed by atoms with Gasteiger partial charge in [0.2, 0.25) is 0 Å². The van der Waals surface area contributed by atoms with Gasteiger partial charge in [-0.25, -0.2) is 0 Å². The second-order valence-corrected chi connectivity index (χ2v) is 6.74. The monoisotopic (exact) mass is 356 g/mol. The quantitative estimate of drug-likeness (QED) is 0.424. The molecule has 3 heteroatoms. The predicted molar refractivity (Wildman–Crippen MR) is 108 cm³/mol. The Morgan fingerprint density at radius 1 is 0.889 bits per heavy atom. The maximum absolute atomic E-state index is 13.4. The van der Waals surface area contributed by atoms with Crippen LogP contribution in [0.2, 0.25) is 0 Å². The zero-order chi connectivity index (χ0) is 19.0. The number of furan rings is 1. The third-order valence-electron chi connectivity index (χ3n) is 4.66. The minimum Gasteiger partial charge on any atom is -0.497 e. The summed E-state index contributed by atoms with van der Waals surface area (Å²) in [7, 11) is 1.61. The number of rotatable bonds is 4. The Morgan fingerprint density at radius 3 is 2.22 bits per heavy atom. The molecule has 134 valence electrons. The highest BCUT2D eigenvalue weighted by Gasteiger charge is 2.23.